The Hall–Kier alpha value is -0.463. The van der Waals surface area contributed by atoms with E-state index in [2.05, 4.69) is 9.74 Å². The molecular formula is C8H20N2O3Si. The highest BCUT2D eigenvalue weighted by molar-refractivity contribution is 6.26. The topological polar surface area (TPSA) is 73.6 Å². The van der Waals surface area contributed by atoms with E-state index in [9.17, 15) is 4.46 Å². The maximum absolute atomic E-state index is 10.9. The molecule has 5 nitrogen and oxygen atoms in total. The third kappa shape index (κ3) is 8.15. The van der Waals surface area contributed by atoms with Gasteiger partial charge in [-0.3, -0.25) is 4.46 Å². The van der Waals surface area contributed by atoms with Crippen LogP contribution in [0.25, 0.3) is 0 Å². The van der Waals surface area contributed by atoms with Gasteiger partial charge >= 0.3 is 9.17 Å². The SMILES string of the molecule is CO[Si](=O)OC(C)CCCNCCN. The Bertz CT molecular complexity index is 158. The fourth-order valence-electron chi connectivity index (χ4n) is 1.01. The molecule has 0 saturated carbocycles. The smallest absolute Gasteiger partial charge is 0.499 e. The molecule has 0 aromatic heterocycles. The van der Waals surface area contributed by atoms with E-state index in [1.54, 1.807) is 0 Å². The molecule has 1 unspecified atom stereocenters. The van der Waals surface area contributed by atoms with Gasteiger partial charge in [0.05, 0.1) is 13.2 Å². The van der Waals surface area contributed by atoms with E-state index < -0.39 is 9.17 Å². The first-order chi connectivity index (χ1) is 6.70. The predicted octanol–water partition coefficient (Wildman–Crippen LogP) is -0.218. The number of rotatable bonds is 9. The molecule has 1 atom stereocenters. The first-order valence-corrected chi connectivity index (χ1v) is 6.08. The van der Waals surface area contributed by atoms with E-state index in [4.69, 9.17) is 10.2 Å². The molecule has 0 aliphatic heterocycles. The highest BCUT2D eigenvalue weighted by Gasteiger charge is 2.12. The highest BCUT2D eigenvalue weighted by atomic mass is 28.3. The van der Waals surface area contributed by atoms with Gasteiger partial charge in [-0.15, -0.1) is 0 Å². The zero-order chi connectivity index (χ0) is 10.8. The monoisotopic (exact) mass is 220 g/mol. The minimum Gasteiger partial charge on any atom is -0.499 e. The molecule has 14 heavy (non-hydrogen) atoms. The highest BCUT2D eigenvalue weighted by Crippen LogP contribution is 2.00. The van der Waals surface area contributed by atoms with Crippen LogP contribution in [0.3, 0.4) is 0 Å². The second kappa shape index (κ2) is 9.11. The lowest BCUT2D eigenvalue weighted by Crippen LogP contribution is -2.25. The van der Waals surface area contributed by atoms with Crippen LogP contribution in [0.5, 0.6) is 0 Å². The van der Waals surface area contributed by atoms with Crippen LogP contribution >= 0.6 is 0 Å². The van der Waals surface area contributed by atoms with Crippen molar-refractivity contribution in [3.05, 3.63) is 0 Å². The zero-order valence-corrected chi connectivity index (χ0v) is 9.91. The van der Waals surface area contributed by atoms with Gasteiger partial charge in [-0.1, -0.05) is 0 Å². The summed E-state index contributed by atoms with van der Waals surface area (Å²) in [5.41, 5.74) is 5.31. The molecule has 0 aromatic carbocycles. The fraction of sp³-hybridized carbons (Fsp3) is 1.00. The molecule has 0 fully saturated rings. The van der Waals surface area contributed by atoms with Crippen LogP contribution < -0.4 is 11.1 Å². The van der Waals surface area contributed by atoms with Gasteiger partial charge in [0.25, 0.3) is 0 Å². The molecule has 0 heterocycles. The van der Waals surface area contributed by atoms with Crippen molar-refractivity contribution in [1.29, 1.82) is 0 Å². The molecule has 0 aliphatic rings. The summed E-state index contributed by atoms with van der Waals surface area (Å²) in [5, 5.41) is 3.18. The molecule has 0 aliphatic carbocycles. The number of hydrogen-bond acceptors (Lipinski definition) is 5. The number of nitrogens with one attached hydrogen (secondary N) is 1. The fourth-order valence-corrected chi connectivity index (χ4v) is 1.56. The predicted molar refractivity (Wildman–Crippen MR) is 55.2 cm³/mol. The first kappa shape index (κ1) is 13.5. The Morgan fingerprint density at radius 3 is 2.79 bits per heavy atom. The van der Waals surface area contributed by atoms with Gasteiger partial charge in [0.1, 0.15) is 0 Å². The minimum atomic E-state index is -2.27. The van der Waals surface area contributed by atoms with Crippen LogP contribution in [0, 0.1) is 0 Å². The second-order valence-corrected chi connectivity index (χ2v) is 4.21. The Morgan fingerprint density at radius 1 is 1.50 bits per heavy atom. The molecule has 0 amide bonds. The molecule has 3 N–H and O–H groups in total. The average Bonchev–Trinajstić information content (AvgIpc) is 2.17. The largest absolute Gasteiger partial charge is 0.767 e. The average molecular weight is 220 g/mol. The molecule has 0 spiro atoms. The minimum absolute atomic E-state index is 0.0129. The zero-order valence-electron chi connectivity index (χ0n) is 8.91. The van der Waals surface area contributed by atoms with Gasteiger partial charge in [0, 0.05) is 13.1 Å². The first-order valence-electron chi connectivity index (χ1n) is 4.86. The third-order valence-electron chi connectivity index (χ3n) is 1.75. The van der Waals surface area contributed by atoms with E-state index in [1.165, 1.54) is 7.11 Å². The Balaban J connectivity index is 3.26. The molecule has 0 rings (SSSR count). The number of hydrogen-bond donors (Lipinski definition) is 2. The van der Waals surface area contributed by atoms with Gasteiger partial charge in [-0.2, -0.15) is 0 Å². The lowest BCUT2D eigenvalue weighted by Gasteiger charge is -2.11. The summed E-state index contributed by atoms with van der Waals surface area (Å²) in [6.45, 7) is 4.30. The van der Waals surface area contributed by atoms with Crippen molar-refractivity contribution in [3.63, 3.8) is 0 Å². The van der Waals surface area contributed by atoms with Gasteiger partial charge in [0.2, 0.25) is 0 Å². The van der Waals surface area contributed by atoms with Crippen LogP contribution in [0.2, 0.25) is 0 Å². The molecule has 0 radical (unpaired) electrons. The summed E-state index contributed by atoms with van der Waals surface area (Å²) in [5.74, 6) is 0. The lowest BCUT2D eigenvalue weighted by atomic mass is 10.2. The van der Waals surface area contributed by atoms with Gasteiger partial charge < -0.3 is 19.9 Å². The van der Waals surface area contributed by atoms with Gasteiger partial charge in [0.15, 0.2) is 0 Å². The van der Waals surface area contributed by atoms with E-state index in [0.29, 0.717) is 6.54 Å². The third-order valence-corrected chi connectivity index (χ3v) is 2.68. The van der Waals surface area contributed by atoms with Crippen molar-refractivity contribution in [1.82, 2.24) is 5.32 Å². The molecule has 0 bridgehead atoms. The summed E-state index contributed by atoms with van der Waals surface area (Å²) in [6.07, 6.45) is 1.85. The Labute approximate surface area is 86.9 Å². The van der Waals surface area contributed by atoms with Crippen molar-refractivity contribution in [3.8, 4) is 0 Å². The molecule has 84 valence electrons. The van der Waals surface area contributed by atoms with Gasteiger partial charge in [-0.05, 0) is 26.3 Å². The van der Waals surface area contributed by atoms with Crippen LogP contribution in [0.1, 0.15) is 19.8 Å². The summed E-state index contributed by atoms with van der Waals surface area (Å²) in [4.78, 5) is 0. The van der Waals surface area contributed by atoms with Crippen molar-refractivity contribution in [2.45, 2.75) is 25.9 Å². The Morgan fingerprint density at radius 2 is 2.21 bits per heavy atom. The molecule has 6 heteroatoms. The summed E-state index contributed by atoms with van der Waals surface area (Å²) in [7, 11) is -0.879. The van der Waals surface area contributed by atoms with Crippen molar-refractivity contribution in [2.24, 2.45) is 5.73 Å². The van der Waals surface area contributed by atoms with Crippen LogP contribution in [0.4, 0.5) is 0 Å². The van der Waals surface area contributed by atoms with Crippen molar-refractivity contribution < 1.29 is 13.3 Å². The Kier molecular flexibility index (Phi) is 8.80. The standard InChI is InChI=1S/C8H20N2O3Si/c1-8(13-14(11)12-2)4-3-6-10-7-5-9/h8,10H,3-7,9H2,1-2H3. The summed E-state index contributed by atoms with van der Waals surface area (Å²) in [6, 6.07) is 0. The molecule has 0 saturated heterocycles. The van der Waals surface area contributed by atoms with Crippen LogP contribution in [-0.4, -0.2) is 42.0 Å². The maximum Gasteiger partial charge on any atom is 0.767 e. The lowest BCUT2D eigenvalue weighted by molar-refractivity contribution is 0.135. The van der Waals surface area contributed by atoms with Crippen molar-refractivity contribution >= 4 is 9.17 Å². The quantitative estimate of drug-likeness (QED) is 0.415. The molecule has 0 aromatic rings. The normalized spacial score (nSPS) is 12.2. The maximum atomic E-state index is 10.9. The van der Waals surface area contributed by atoms with E-state index >= 15 is 0 Å². The van der Waals surface area contributed by atoms with Crippen LogP contribution in [0.15, 0.2) is 0 Å². The summed E-state index contributed by atoms with van der Waals surface area (Å²) < 4.78 is 20.5. The number of nitrogens with two attached hydrogens (primary N) is 1. The van der Waals surface area contributed by atoms with E-state index in [0.717, 1.165) is 25.9 Å². The van der Waals surface area contributed by atoms with Crippen molar-refractivity contribution in [2.75, 3.05) is 26.7 Å². The van der Waals surface area contributed by atoms with E-state index in [1.807, 2.05) is 6.92 Å². The molecular weight excluding hydrogens is 200 g/mol. The summed E-state index contributed by atoms with van der Waals surface area (Å²) >= 11 is 0. The van der Waals surface area contributed by atoms with E-state index in [-0.39, 0.29) is 6.10 Å². The van der Waals surface area contributed by atoms with Crippen LogP contribution in [-0.2, 0) is 13.3 Å². The van der Waals surface area contributed by atoms with Gasteiger partial charge in [-0.25, -0.2) is 0 Å². The second-order valence-electron chi connectivity index (χ2n) is 3.06.